The van der Waals surface area contributed by atoms with Gasteiger partial charge in [0.05, 0.1) is 5.56 Å². The van der Waals surface area contributed by atoms with E-state index in [-0.39, 0.29) is 29.7 Å². The zero-order valence-electron chi connectivity index (χ0n) is 12.8. The zero-order valence-corrected chi connectivity index (χ0v) is 13.6. The SMILES string of the molecule is Cl.NCC1CCN(C(=O)c2cn3ccc(C(F)(F)F)cc3n2)CC1. The van der Waals surface area contributed by atoms with Crippen LogP contribution < -0.4 is 5.73 Å². The van der Waals surface area contributed by atoms with Gasteiger partial charge in [0.1, 0.15) is 11.3 Å². The van der Waals surface area contributed by atoms with E-state index in [1.165, 1.54) is 16.8 Å². The van der Waals surface area contributed by atoms with Crippen molar-refractivity contribution in [2.45, 2.75) is 19.0 Å². The second-order valence-electron chi connectivity index (χ2n) is 5.78. The number of pyridine rings is 1. The highest BCUT2D eigenvalue weighted by molar-refractivity contribution is 5.93. The second-order valence-corrected chi connectivity index (χ2v) is 5.78. The number of hydrogen-bond donors (Lipinski definition) is 1. The Balaban J connectivity index is 0.00000208. The summed E-state index contributed by atoms with van der Waals surface area (Å²) in [4.78, 5) is 18.2. The maximum absolute atomic E-state index is 12.7. The summed E-state index contributed by atoms with van der Waals surface area (Å²) in [6.07, 6.45) is -0.0148. The van der Waals surface area contributed by atoms with Gasteiger partial charge in [0.15, 0.2) is 0 Å². The minimum absolute atomic E-state index is 0. The lowest BCUT2D eigenvalue weighted by atomic mass is 9.97. The fourth-order valence-corrected chi connectivity index (χ4v) is 2.80. The van der Waals surface area contributed by atoms with Crippen LogP contribution in [-0.4, -0.2) is 39.8 Å². The summed E-state index contributed by atoms with van der Waals surface area (Å²) in [6, 6.07) is 1.91. The van der Waals surface area contributed by atoms with Gasteiger partial charge in [-0.1, -0.05) is 0 Å². The summed E-state index contributed by atoms with van der Waals surface area (Å²) >= 11 is 0. The molecule has 9 heteroatoms. The van der Waals surface area contributed by atoms with Crippen molar-refractivity contribution in [3.63, 3.8) is 0 Å². The summed E-state index contributed by atoms with van der Waals surface area (Å²) in [5.41, 5.74) is 5.12. The number of halogens is 4. The molecular weight excluding hydrogens is 345 g/mol. The van der Waals surface area contributed by atoms with Crippen molar-refractivity contribution in [1.82, 2.24) is 14.3 Å². The lowest BCUT2D eigenvalue weighted by molar-refractivity contribution is -0.137. The summed E-state index contributed by atoms with van der Waals surface area (Å²) in [7, 11) is 0. The van der Waals surface area contributed by atoms with Gasteiger partial charge in [-0.2, -0.15) is 13.2 Å². The fraction of sp³-hybridized carbons (Fsp3) is 0.467. The molecule has 2 N–H and O–H groups in total. The van der Waals surface area contributed by atoms with Gasteiger partial charge in [-0.25, -0.2) is 4.98 Å². The van der Waals surface area contributed by atoms with Crippen molar-refractivity contribution in [2.24, 2.45) is 11.7 Å². The number of hydrogen-bond acceptors (Lipinski definition) is 3. The molecule has 1 saturated heterocycles. The molecule has 1 amide bonds. The highest BCUT2D eigenvalue weighted by Crippen LogP contribution is 2.29. The van der Waals surface area contributed by atoms with E-state index in [2.05, 4.69) is 4.98 Å². The molecule has 0 aromatic carbocycles. The third kappa shape index (κ3) is 3.64. The zero-order chi connectivity index (χ0) is 16.6. The van der Waals surface area contributed by atoms with Crippen LogP contribution >= 0.6 is 12.4 Å². The Bertz CT molecular complexity index is 723. The Morgan fingerprint density at radius 2 is 2.00 bits per heavy atom. The second kappa shape index (κ2) is 6.98. The van der Waals surface area contributed by atoms with E-state index in [1.54, 1.807) is 4.90 Å². The number of piperidine rings is 1. The van der Waals surface area contributed by atoms with E-state index in [4.69, 9.17) is 5.73 Å². The van der Waals surface area contributed by atoms with Crippen LogP contribution in [0.3, 0.4) is 0 Å². The standard InChI is InChI=1S/C15H17F3N4O.ClH/c16-15(17,18)11-3-6-22-9-12(20-13(22)7-11)14(23)21-4-1-10(8-19)2-5-21;/h3,6-7,9-10H,1-2,4-5,8,19H2;1H. The molecule has 132 valence electrons. The molecule has 3 heterocycles. The molecule has 0 saturated carbocycles. The molecule has 1 fully saturated rings. The molecule has 5 nitrogen and oxygen atoms in total. The summed E-state index contributed by atoms with van der Waals surface area (Å²) in [5.74, 6) is 0.173. The third-order valence-corrected chi connectivity index (χ3v) is 4.24. The molecule has 1 aliphatic heterocycles. The van der Waals surface area contributed by atoms with Crippen LogP contribution in [0.2, 0.25) is 0 Å². The third-order valence-electron chi connectivity index (χ3n) is 4.24. The molecule has 0 spiro atoms. The lowest BCUT2D eigenvalue weighted by Gasteiger charge is -2.30. The first kappa shape index (κ1) is 18.5. The van der Waals surface area contributed by atoms with Crippen molar-refractivity contribution >= 4 is 24.0 Å². The summed E-state index contributed by atoms with van der Waals surface area (Å²) in [5, 5.41) is 0. The van der Waals surface area contributed by atoms with Crippen molar-refractivity contribution in [2.75, 3.05) is 19.6 Å². The number of amides is 1. The number of rotatable bonds is 2. The minimum atomic E-state index is -4.43. The van der Waals surface area contributed by atoms with Gasteiger partial charge in [-0.3, -0.25) is 4.79 Å². The first-order valence-electron chi connectivity index (χ1n) is 7.44. The number of carbonyl (C=O) groups is 1. The predicted octanol–water partition coefficient (Wildman–Crippen LogP) is 2.59. The number of fused-ring (bicyclic) bond motifs is 1. The van der Waals surface area contributed by atoms with Gasteiger partial charge in [-0.15, -0.1) is 12.4 Å². The predicted molar refractivity (Wildman–Crippen MR) is 85.1 cm³/mol. The first-order chi connectivity index (χ1) is 10.9. The monoisotopic (exact) mass is 362 g/mol. The van der Waals surface area contributed by atoms with Crippen molar-refractivity contribution in [3.8, 4) is 0 Å². The Morgan fingerprint density at radius 3 is 2.58 bits per heavy atom. The van der Waals surface area contributed by atoms with E-state index < -0.39 is 11.7 Å². The van der Waals surface area contributed by atoms with Crippen LogP contribution in [0.25, 0.3) is 5.65 Å². The van der Waals surface area contributed by atoms with Crippen LogP contribution in [0.1, 0.15) is 28.9 Å². The van der Waals surface area contributed by atoms with Crippen LogP contribution in [0.4, 0.5) is 13.2 Å². The first-order valence-corrected chi connectivity index (χ1v) is 7.44. The molecule has 0 unspecified atom stereocenters. The van der Waals surface area contributed by atoms with Gasteiger partial charge < -0.3 is 15.0 Å². The number of nitrogens with two attached hydrogens (primary N) is 1. The van der Waals surface area contributed by atoms with Gasteiger partial charge in [0, 0.05) is 25.5 Å². The summed E-state index contributed by atoms with van der Waals surface area (Å²) in [6.45, 7) is 1.81. The average molecular weight is 363 g/mol. The topological polar surface area (TPSA) is 63.6 Å². The number of alkyl halides is 3. The van der Waals surface area contributed by atoms with Gasteiger partial charge >= 0.3 is 6.18 Å². The normalized spacial score (nSPS) is 16.2. The maximum Gasteiger partial charge on any atom is 0.416 e. The molecule has 2 aromatic heterocycles. The molecule has 0 atom stereocenters. The van der Waals surface area contributed by atoms with Crippen LogP contribution in [0, 0.1) is 5.92 Å². The van der Waals surface area contributed by atoms with Crippen molar-refractivity contribution in [1.29, 1.82) is 0 Å². The van der Waals surface area contributed by atoms with Crippen molar-refractivity contribution in [3.05, 3.63) is 35.8 Å². The number of nitrogens with zero attached hydrogens (tertiary/aromatic N) is 3. The Hall–Kier alpha value is -1.80. The molecule has 24 heavy (non-hydrogen) atoms. The van der Waals surface area contributed by atoms with Gasteiger partial charge in [-0.05, 0) is 37.4 Å². The highest BCUT2D eigenvalue weighted by Gasteiger charge is 2.31. The fourth-order valence-electron chi connectivity index (χ4n) is 2.80. The van der Waals surface area contributed by atoms with E-state index in [0.29, 0.717) is 25.6 Å². The van der Waals surface area contributed by atoms with Crippen molar-refractivity contribution < 1.29 is 18.0 Å². The largest absolute Gasteiger partial charge is 0.416 e. The quantitative estimate of drug-likeness (QED) is 0.893. The number of aromatic nitrogens is 2. The molecule has 0 bridgehead atoms. The molecule has 1 aliphatic rings. The van der Waals surface area contributed by atoms with E-state index in [9.17, 15) is 18.0 Å². The van der Waals surface area contributed by atoms with Crippen LogP contribution in [0.15, 0.2) is 24.5 Å². The molecule has 2 aromatic rings. The summed E-state index contributed by atoms with van der Waals surface area (Å²) < 4.78 is 39.6. The molecular formula is C15H18ClF3N4O. The maximum atomic E-state index is 12.7. The van der Waals surface area contributed by atoms with E-state index in [1.807, 2.05) is 0 Å². The Labute approximate surface area is 143 Å². The molecule has 3 rings (SSSR count). The minimum Gasteiger partial charge on any atom is -0.337 e. The highest BCUT2D eigenvalue weighted by atomic mass is 35.5. The lowest BCUT2D eigenvalue weighted by Crippen LogP contribution is -2.40. The van der Waals surface area contributed by atoms with E-state index >= 15 is 0 Å². The van der Waals surface area contributed by atoms with E-state index in [0.717, 1.165) is 25.0 Å². The molecule has 0 radical (unpaired) electrons. The number of carbonyl (C=O) groups excluding carboxylic acids is 1. The number of imidazole rings is 1. The average Bonchev–Trinajstić information content (AvgIpc) is 2.96. The van der Waals surface area contributed by atoms with Crippen LogP contribution in [-0.2, 0) is 6.18 Å². The smallest absolute Gasteiger partial charge is 0.337 e. The number of likely N-dealkylation sites (tertiary alicyclic amines) is 1. The Kier molecular flexibility index (Phi) is 5.39. The Morgan fingerprint density at radius 1 is 1.33 bits per heavy atom. The van der Waals surface area contributed by atoms with Gasteiger partial charge in [0.2, 0.25) is 0 Å². The molecule has 0 aliphatic carbocycles. The van der Waals surface area contributed by atoms with Crippen LogP contribution in [0.5, 0.6) is 0 Å². The van der Waals surface area contributed by atoms with Gasteiger partial charge in [0.25, 0.3) is 5.91 Å².